The van der Waals surface area contributed by atoms with Crippen LogP contribution in [0.3, 0.4) is 0 Å². The van der Waals surface area contributed by atoms with Crippen LogP contribution in [0.5, 0.6) is 0 Å². The third kappa shape index (κ3) is 4.01. The van der Waals surface area contributed by atoms with Gasteiger partial charge in [0, 0.05) is 10.6 Å². The number of hydrogen-bond donors (Lipinski definition) is 1. The van der Waals surface area contributed by atoms with Gasteiger partial charge in [-0.15, -0.1) is 0 Å². The Kier molecular flexibility index (Phi) is 4.78. The van der Waals surface area contributed by atoms with E-state index in [4.69, 9.17) is 11.6 Å². The predicted molar refractivity (Wildman–Crippen MR) is 93.6 cm³/mol. The van der Waals surface area contributed by atoms with Crippen molar-refractivity contribution in [2.45, 2.75) is 4.90 Å². The largest absolute Gasteiger partial charge is 0.283 e. The molecule has 0 aliphatic rings. The summed E-state index contributed by atoms with van der Waals surface area (Å²) in [6.07, 6.45) is 1.19. The van der Waals surface area contributed by atoms with Crippen LogP contribution in [0, 0.1) is 0 Å². The first-order valence-corrected chi connectivity index (χ1v) is 9.02. The molecule has 0 aliphatic carbocycles. The average Bonchev–Trinajstić information content (AvgIpc) is 2.62. The molecule has 0 unspecified atom stereocenters. The van der Waals surface area contributed by atoms with Crippen molar-refractivity contribution >= 4 is 27.5 Å². The second-order valence-electron chi connectivity index (χ2n) is 5.05. The number of carbonyl (C=O) groups is 1. The Hall–Kier alpha value is -2.77. The summed E-state index contributed by atoms with van der Waals surface area (Å²) < 4.78 is 26.4. The minimum atomic E-state index is -3.97. The van der Waals surface area contributed by atoms with Crippen molar-refractivity contribution in [2.24, 2.45) is 0 Å². The van der Waals surface area contributed by atoms with Crippen molar-refractivity contribution in [3.8, 4) is 11.3 Å². The lowest BCUT2D eigenvalue weighted by molar-refractivity contribution is 0.0976. The summed E-state index contributed by atoms with van der Waals surface area (Å²) in [5, 5.41) is 0.522. The van der Waals surface area contributed by atoms with E-state index in [-0.39, 0.29) is 10.6 Å². The van der Waals surface area contributed by atoms with E-state index in [9.17, 15) is 13.2 Å². The Labute approximate surface area is 149 Å². The first-order chi connectivity index (χ1) is 12.0. The molecule has 0 bridgehead atoms. The Morgan fingerprint density at radius 3 is 2.44 bits per heavy atom. The zero-order valence-electron chi connectivity index (χ0n) is 12.8. The van der Waals surface area contributed by atoms with Crippen molar-refractivity contribution in [3.05, 3.63) is 77.7 Å². The van der Waals surface area contributed by atoms with Gasteiger partial charge in [0.25, 0.3) is 15.9 Å². The highest BCUT2D eigenvalue weighted by Gasteiger charge is 2.19. The van der Waals surface area contributed by atoms with Crippen molar-refractivity contribution < 1.29 is 13.2 Å². The summed E-state index contributed by atoms with van der Waals surface area (Å²) in [6.45, 7) is 0. The number of benzene rings is 2. The monoisotopic (exact) mass is 373 g/mol. The first-order valence-electron chi connectivity index (χ1n) is 7.16. The van der Waals surface area contributed by atoms with Crippen LogP contribution in [-0.2, 0) is 10.0 Å². The molecule has 3 rings (SSSR count). The van der Waals surface area contributed by atoms with Crippen LogP contribution < -0.4 is 4.72 Å². The van der Waals surface area contributed by atoms with Crippen molar-refractivity contribution in [1.29, 1.82) is 0 Å². The normalized spacial score (nSPS) is 11.1. The Morgan fingerprint density at radius 2 is 1.72 bits per heavy atom. The van der Waals surface area contributed by atoms with Gasteiger partial charge in [-0.05, 0) is 30.3 Å². The van der Waals surface area contributed by atoms with E-state index in [0.29, 0.717) is 16.3 Å². The average molecular weight is 374 g/mol. The van der Waals surface area contributed by atoms with Crippen LogP contribution in [0.15, 0.2) is 71.9 Å². The third-order valence-corrected chi connectivity index (χ3v) is 4.88. The number of nitrogens with one attached hydrogen (secondary N) is 1. The summed E-state index contributed by atoms with van der Waals surface area (Å²) in [5.74, 6) is -0.838. The van der Waals surface area contributed by atoms with Gasteiger partial charge in [-0.1, -0.05) is 41.9 Å². The number of amides is 1. The van der Waals surface area contributed by atoms with Gasteiger partial charge in [0.05, 0.1) is 10.6 Å². The van der Waals surface area contributed by atoms with Gasteiger partial charge in [-0.25, -0.2) is 23.1 Å². The highest BCUT2D eigenvalue weighted by molar-refractivity contribution is 7.90. The fraction of sp³-hybridized carbons (Fsp3) is 0. The number of rotatable bonds is 4. The van der Waals surface area contributed by atoms with E-state index < -0.39 is 15.9 Å². The third-order valence-electron chi connectivity index (χ3n) is 3.30. The SMILES string of the molecule is O=C(NS(=O)(=O)c1ccccc1)c1cc(-c2cccc(Cl)c2)ncn1. The fourth-order valence-electron chi connectivity index (χ4n) is 2.12. The molecule has 3 aromatic rings. The number of sulfonamides is 1. The van der Waals surface area contributed by atoms with E-state index in [1.165, 1.54) is 24.5 Å². The molecular formula is C17H12ClN3O3S. The van der Waals surface area contributed by atoms with Gasteiger partial charge < -0.3 is 0 Å². The van der Waals surface area contributed by atoms with E-state index >= 15 is 0 Å². The van der Waals surface area contributed by atoms with Crippen molar-refractivity contribution in [3.63, 3.8) is 0 Å². The molecule has 6 nitrogen and oxygen atoms in total. The quantitative estimate of drug-likeness (QED) is 0.759. The molecule has 2 aromatic carbocycles. The molecule has 1 N–H and O–H groups in total. The molecule has 0 radical (unpaired) electrons. The zero-order chi connectivity index (χ0) is 17.9. The topological polar surface area (TPSA) is 89.0 Å². The van der Waals surface area contributed by atoms with Crippen LogP contribution >= 0.6 is 11.6 Å². The number of hydrogen-bond acceptors (Lipinski definition) is 5. The minimum absolute atomic E-state index is 0.00697. The second-order valence-corrected chi connectivity index (χ2v) is 7.17. The van der Waals surface area contributed by atoms with Gasteiger partial charge in [0.15, 0.2) is 0 Å². The van der Waals surface area contributed by atoms with Crippen LogP contribution in [0.2, 0.25) is 5.02 Å². The van der Waals surface area contributed by atoms with Gasteiger partial charge in [0.1, 0.15) is 12.0 Å². The molecule has 8 heteroatoms. The highest BCUT2D eigenvalue weighted by Crippen LogP contribution is 2.21. The number of halogens is 1. The summed E-state index contributed by atoms with van der Waals surface area (Å²) in [6, 6.07) is 15.9. The van der Waals surface area contributed by atoms with Gasteiger partial charge >= 0.3 is 0 Å². The molecule has 0 saturated heterocycles. The lowest BCUT2D eigenvalue weighted by Gasteiger charge is -2.07. The van der Waals surface area contributed by atoms with Crippen molar-refractivity contribution in [1.82, 2.24) is 14.7 Å². The maximum absolute atomic E-state index is 12.3. The van der Waals surface area contributed by atoms with Gasteiger partial charge in [-0.3, -0.25) is 4.79 Å². The molecule has 0 aliphatic heterocycles. The van der Waals surface area contributed by atoms with Crippen LogP contribution in [0.25, 0.3) is 11.3 Å². The molecule has 0 fully saturated rings. The number of carbonyl (C=O) groups excluding carboxylic acids is 1. The van der Waals surface area contributed by atoms with E-state index in [2.05, 4.69) is 9.97 Å². The Bertz CT molecular complexity index is 1020. The summed E-state index contributed by atoms with van der Waals surface area (Å²) in [5.41, 5.74) is 1.08. The number of nitrogens with zero attached hydrogens (tertiary/aromatic N) is 2. The Balaban J connectivity index is 1.87. The van der Waals surface area contributed by atoms with Gasteiger partial charge in [-0.2, -0.15) is 0 Å². The van der Waals surface area contributed by atoms with Crippen LogP contribution in [-0.4, -0.2) is 24.3 Å². The maximum Gasteiger partial charge on any atom is 0.283 e. The summed E-state index contributed by atoms with van der Waals surface area (Å²) in [4.78, 5) is 20.2. The van der Waals surface area contributed by atoms with E-state index in [1.807, 2.05) is 4.72 Å². The predicted octanol–water partition coefficient (Wildman–Crippen LogP) is 2.92. The highest BCUT2D eigenvalue weighted by atomic mass is 35.5. The zero-order valence-corrected chi connectivity index (χ0v) is 14.3. The van der Waals surface area contributed by atoms with E-state index in [0.717, 1.165) is 0 Å². The summed E-state index contributed by atoms with van der Waals surface area (Å²) in [7, 11) is -3.97. The maximum atomic E-state index is 12.3. The van der Waals surface area contributed by atoms with Crippen LogP contribution in [0.1, 0.15) is 10.5 Å². The number of aromatic nitrogens is 2. The van der Waals surface area contributed by atoms with E-state index in [1.54, 1.807) is 42.5 Å². The standard InChI is InChI=1S/C17H12ClN3O3S/c18-13-6-4-5-12(9-13)15-10-16(20-11-19-15)17(22)21-25(23,24)14-7-2-1-3-8-14/h1-11H,(H,21,22). The molecule has 0 spiro atoms. The molecule has 25 heavy (non-hydrogen) atoms. The molecule has 126 valence electrons. The molecule has 0 saturated carbocycles. The first kappa shape index (κ1) is 17.1. The lowest BCUT2D eigenvalue weighted by Crippen LogP contribution is -2.31. The molecule has 1 aromatic heterocycles. The second kappa shape index (κ2) is 7.00. The molecular weight excluding hydrogens is 362 g/mol. The van der Waals surface area contributed by atoms with Crippen molar-refractivity contribution in [2.75, 3.05) is 0 Å². The summed E-state index contributed by atoms with van der Waals surface area (Å²) >= 11 is 5.95. The van der Waals surface area contributed by atoms with Gasteiger partial charge in [0.2, 0.25) is 0 Å². The van der Waals surface area contributed by atoms with Crippen LogP contribution in [0.4, 0.5) is 0 Å². The molecule has 1 amide bonds. The Morgan fingerprint density at radius 1 is 0.960 bits per heavy atom. The minimum Gasteiger partial charge on any atom is -0.266 e. The fourth-order valence-corrected chi connectivity index (χ4v) is 3.29. The smallest absolute Gasteiger partial charge is 0.266 e. The lowest BCUT2D eigenvalue weighted by atomic mass is 10.1. The molecule has 1 heterocycles. The molecule has 0 atom stereocenters.